The van der Waals surface area contributed by atoms with Crippen molar-refractivity contribution >= 4 is 11.9 Å². The molecule has 1 aromatic carbocycles. The van der Waals surface area contributed by atoms with Crippen LogP contribution in [-0.2, 0) is 0 Å². The largest absolute Gasteiger partial charge is 0.497 e. The predicted molar refractivity (Wildman–Crippen MR) is 58.9 cm³/mol. The molecule has 17 heavy (non-hydrogen) atoms. The van der Waals surface area contributed by atoms with Crippen molar-refractivity contribution in [1.82, 2.24) is 5.16 Å². The second-order valence-electron chi connectivity index (χ2n) is 3.18. The molecule has 0 saturated heterocycles. The van der Waals surface area contributed by atoms with Crippen molar-refractivity contribution < 1.29 is 18.8 Å². The van der Waals surface area contributed by atoms with Gasteiger partial charge in [-0.25, -0.2) is 4.79 Å². The van der Waals surface area contributed by atoms with Gasteiger partial charge in [0.15, 0.2) is 5.69 Å². The molecule has 2 N–H and O–H groups in total. The lowest BCUT2D eigenvalue weighted by Crippen LogP contribution is -2.08. The van der Waals surface area contributed by atoms with Gasteiger partial charge in [-0.3, -0.25) is 0 Å². The number of anilines is 1. The zero-order chi connectivity index (χ0) is 12.3. The van der Waals surface area contributed by atoms with E-state index in [0.29, 0.717) is 11.5 Å². The number of hydrogen-bond acceptors (Lipinski definition) is 6. The van der Waals surface area contributed by atoms with E-state index >= 15 is 0 Å². The van der Waals surface area contributed by atoms with E-state index in [2.05, 4.69) is 9.68 Å². The molecule has 88 valence electrons. The molecule has 0 unspecified atom stereocenters. The van der Waals surface area contributed by atoms with E-state index < -0.39 is 5.97 Å². The van der Waals surface area contributed by atoms with Gasteiger partial charge in [0, 0.05) is 6.07 Å². The van der Waals surface area contributed by atoms with Crippen LogP contribution in [0.3, 0.4) is 0 Å². The predicted octanol–water partition coefficient (Wildman–Crippen LogP) is 1.48. The quantitative estimate of drug-likeness (QED) is 0.639. The zero-order valence-electron chi connectivity index (χ0n) is 9.04. The number of aromatic nitrogens is 1. The third-order valence-corrected chi connectivity index (χ3v) is 2.01. The molecule has 0 fully saturated rings. The summed E-state index contributed by atoms with van der Waals surface area (Å²) in [6.07, 6.45) is 0. The van der Waals surface area contributed by atoms with Gasteiger partial charge in [-0.1, -0.05) is 5.16 Å². The van der Waals surface area contributed by atoms with Crippen molar-refractivity contribution in [3.05, 3.63) is 36.0 Å². The molecule has 6 heteroatoms. The highest BCUT2D eigenvalue weighted by atomic mass is 16.5. The number of ether oxygens (including phenoxy) is 2. The van der Waals surface area contributed by atoms with Gasteiger partial charge in [-0.15, -0.1) is 0 Å². The van der Waals surface area contributed by atoms with Crippen LogP contribution >= 0.6 is 0 Å². The Morgan fingerprint density at radius 2 is 1.94 bits per heavy atom. The van der Waals surface area contributed by atoms with Crippen molar-refractivity contribution in [3.63, 3.8) is 0 Å². The highest BCUT2D eigenvalue weighted by molar-refractivity contribution is 5.89. The maximum Gasteiger partial charge on any atom is 0.366 e. The molecule has 1 aromatic heterocycles. The van der Waals surface area contributed by atoms with Crippen molar-refractivity contribution in [3.8, 4) is 11.5 Å². The van der Waals surface area contributed by atoms with Gasteiger partial charge in [0.05, 0.1) is 7.11 Å². The second-order valence-corrected chi connectivity index (χ2v) is 3.18. The van der Waals surface area contributed by atoms with E-state index in [1.807, 2.05) is 0 Å². The van der Waals surface area contributed by atoms with Gasteiger partial charge >= 0.3 is 5.97 Å². The number of methoxy groups -OCH3 is 1. The van der Waals surface area contributed by atoms with Gasteiger partial charge in [-0.2, -0.15) is 0 Å². The lowest BCUT2D eigenvalue weighted by atomic mass is 10.3. The third-order valence-electron chi connectivity index (χ3n) is 2.01. The van der Waals surface area contributed by atoms with E-state index in [1.54, 1.807) is 31.4 Å². The summed E-state index contributed by atoms with van der Waals surface area (Å²) in [6.45, 7) is 0. The van der Waals surface area contributed by atoms with Crippen LogP contribution in [-0.4, -0.2) is 18.2 Å². The van der Waals surface area contributed by atoms with Crippen LogP contribution in [0.4, 0.5) is 5.88 Å². The molecule has 0 aliphatic rings. The van der Waals surface area contributed by atoms with Crippen LogP contribution in [0.2, 0.25) is 0 Å². The summed E-state index contributed by atoms with van der Waals surface area (Å²) in [5.41, 5.74) is 5.32. The number of nitrogens with zero attached hydrogens (tertiary/aromatic N) is 1. The molecule has 0 bridgehead atoms. The normalized spacial score (nSPS) is 9.94. The van der Waals surface area contributed by atoms with Crippen molar-refractivity contribution in [2.24, 2.45) is 0 Å². The Labute approximate surface area is 96.9 Å². The highest BCUT2D eigenvalue weighted by Crippen LogP contribution is 2.18. The standard InChI is InChI=1S/C11H10N2O4/c1-15-7-2-4-8(5-3-7)16-11(14)9-6-10(12)17-13-9/h2-6H,12H2,1H3. The van der Waals surface area contributed by atoms with E-state index in [9.17, 15) is 4.79 Å². The number of esters is 1. The Balaban J connectivity index is 2.07. The number of benzene rings is 1. The molecule has 0 radical (unpaired) electrons. The van der Waals surface area contributed by atoms with Gasteiger partial charge in [-0.05, 0) is 24.3 Å². The fraction of sp³-hybridized carbons (Fsp3) is 0.0909. The Kier molecular flexibility index (Phi) is 2.95. The number of carbonyl (C=O) groups is 1. The summed E-state index contributed by atoms with van der Waals surface area (Å²) in [5, 5.41) is 3.45. The van der Waals surface area contributed by atoms with Crippen LogP contribution < -0.4 is 15.2 Å². The fourth-order valence-electron chi connectivity index (χ4n) is 1.19. The number of nitrogens with two attached hydrogens (primary N) is 1. The zero-order valence-corrected chi connectivity index (χ0v) is 9.04. The maximum atomic E-state index is 11.6. The molecule has 0 atom stereocenters. The smallest absolute Gasteiger partial charge is 0.366 e. The molecule has 1 heterocycles. The Morgan fingerprint density at radius 1 is 1.29 bits per heavy atom. The molecule has 6 nitrogen and oxygen atoms in total. The molecule has 0 spiro atoms. The maximum absolute atomic E-state index is 11.6. The molecule has 2 aromatic rings. The van der Waals surface area contributed by atoms with Crippen molar-refractivity contribution in [2.45, 2.75) is 0 Å². The Bertz CT molecular complexity index is 519. The summed E-state index contributed by atoms with van der Waals surface area (Å²) in [7, 11) is 1.55. The van der Waals surface area contributed by atoms with Crippen LogP contribution in [0.5, 0.6) is 11.5 Å². The molecular formula is C11H10N2O4. The Morgan fingerprint density at radius 3 is 2.47 bits per heavy atom. The van der Waals surface area contributed by atoms with E-state index in [4.69, 9.17) is 15.2 Å². The monoisotopic (exact) mass is 234 g/mol. The number of rotatable bonds is 3. The van der Waals surface area contributed by atoms with Crippen LogP contribution in [0.25, 0.3) is 0 Å². The van der Waals surface area contributed by atoms with E-state index in [-0.39, 0.29) is 11.6 Å². The van der Waals surface area contributed by atoms with Gasteiger partial charge in [0.2, 0.25) is 5.88 Å². The fourth-order valence-corrected chi connectivity index (χ4v) is 1.19. The lowest BCUT2D eigenvalue weighted by Gasteiger charge is -2.03. The minimum absolute atomic E-state index is 0.0262. The molecule has 0 aliphatic heterocycles. The summed E-state index contributed by atoms with van der Waals surface area (Å²) >= 11 is 0. The summed E-state index contributed by atoms with van der Waals surface area (Å²) in [5.74, 6) is 0.496. The van der Waals surface area contributed by atoms with Crippen LogP contribution in [0.1, 0.15) is 10.5 Å². The third kappa shape index (κ3) is 2.54. The van der Waals surface area contributed by atoms with Gasteiger partial charge in [0.25, 0.3) is 0 Å². The summed E-state index contributed by atoms with van der Waals surface area (Å²) in [4.78, 5) is 11.6. The van der Waals surface area contributed by atoms with E-state index in [0.717, 1.165) is 0 Å². The minimum atomic E-state index is -0.629. The average molecular weight is 234 g/mol. The minimum Gasteiger partial charge on any atom is -0.497 e. The van der Waals surface area contributed by atoms with Crippen molar-refractivity contribution in [2.75, 3.05) is 12.8 Å². The Hall–Kier alpha value is -2.50. The average Bonchev–Trinajstić information content (AvgIpc) is 2.77. The molecule has 0 amide bonds. The van der Waals surface area contributed by atoms with Gasteiger partial charge in [0.1, 0.15) is 11.5 Å². The first-order valence-corrected chi connectivity index (χ1v) is 4.77. The van der Waals surface area contributed by atoms with Crippen LogP contribution in [0, 0.1) is 0 Å². The first kappa shape index (κ1) is 11.0. The van der Waals surface area contributed by atoms with Crippen molar-refractivity contribution in [1.29, 1.82) is 0 Å². The molecule has 0 aliphatic carbocycles. The number of hydrogen-bond donors (Lipinski definition) is 1. The number of nitrogen functional groups attached to an aromatic ring is 1. The van der Waals surface area contributed by atoms with Gasteiger partial charge < -0.3 is 19.7 Å². The highest BCUT2D eigenvalue weighted by Gasteiger charge is 2.13. The topological polar surface area (TPSA) is 87.6 Å². The first-order valence-electron chi connectivity index (χ1n) is 4.77. The second kappa shape index (κ2) is 4.56. The summed E-state index contributed by atoms with van der Waals surface area (Å²) in [6, 6.07) is 7.88. The lowest BCUT2D eigenvalue weighted by molar-refractivity contribution is 0.0724. The molecular weight excluding hydrogens is 224 g/mol. The van der Waals surface area contributed by atoms with Crippen LogP contribution in [0.15, 0.2) is 34.9 Å². The molecule has 2 rings (SSSR count). The number of carbonyl (C=O) groups excluding carboxylic acids is 1. The first-order chi connectivity index (χ1) is 8.19. The summed E-state index contributed by atoms with van der Waals surface area (Å²) < 4.78 is 14.6. The SMILES string of the molecule is COc1ccc(OC(=O)c2cc(N)on2)cc1. The van der Waals surface area contributed by atoms with E-state index in [1.165, 1.54) is 6.07 Å². The molecule has 0 saturated carbocycles.